The van der Waals surface area contributed by atoms with Gasteiger partial charge < -0.3 is 4.74 Å². The van der Waals surface area contributed by atoms with Gasteiger partial charge in [0.25, 0.3) is 0 Å². The standard InChI is InChI=1S/C24H23F3O/c1-3-5-6-16-7-9-17(10-8-16)19-12-11-18(15-21(19)25)20-13-14-22(28-4-2)24(27)23(20)26/h7-15H,3-6H2,1-2H3. The number of rotatable bonds is 7. The van der Waals surface area contributed by atoms with E-state index in [4.69, 9.17) is 4.74 Å². The Labute approximate surface area is 163 Å². The molecule has 4 heteroatoms. The molecule has 0 saturated carbocycles. The first-order valence-electron chi connectivity index (χ1n) is 9.55. The van der Waals surface area contributed by atoms with Crippen LogP contribution >= 0.6 is 0 Å². The molecule has 0 aliphatic carbocycles. The van der Waals surface area contributed by atoms with Crippen LogP contribution in [-0.4, -0.2) is 6.61 Å². The molecular formula is C24H23F3O. The summed E-state index contributed by atoms with van der Waals surface area (Å²) in [6, 6.07) is 15.0. The summed E-state index contributed by atoms with van der Waals surface area (Å²) >= 11 is 0. The summed E-state index contributed by atoms with van der Waals surface area (Å²) in [5.74, 6) is -2.73. The molecule has 0 aromatic heterocycles. The Hall–Kier alpha value is -2.75. The minimum atomic E-state index is -1.06. The molecule has 3 aromatic rings. The zero-order chi connectivity index (χ0) is 20.1. The van der Waals surface area contributed by atoms with E-state index in [1.54, 1.807) is 19.1 Å². The number of hydrogen-bond donors (Lipinski definition) is 0. The van der Waals surface area contributed by atoms with Crippen molar-refractivity contribution >= 4 is 0 Å². The van der Waals surface area contributed by atoms with Crippen LogP contribution in [0.25, 0.3) is 22.3 Å². The van der Waals surface area contributed by atoms with Gasteiger partial charge >= 0.3 is 0 Å². The Morgan fingerprint density at radius 1 is 0.750 bits per heavy atom. The zero-order valence-electron chi connectivity index (χ0n) is 16.1. The van der Waals surface area contributed by atoms with Crippen LogP contribution in [0.1, 0.15) is 32.3 Å². The quantitative estimate of drug-likeness (QED) is 0.419. The van der Waals surface area contributed by atoms with E-state index in [9.17, 15) is 13.2 Å². The van der Waals surface area contributed by atoms with E-state index < -0.39 is 17.5 Å². The molecular weight excluding hydrogens is 361 g/mol. The van der Waals surface area contributed by atoms with Gasteiger partial charge in [-0.2, -0.15) is 4.39 Å². The predicted molar refractivity (Wildman–Crippen MR) is 107 cm³/mol. The van der Waals surface area contributed by atoms with E-state index in [-0.39, 0.29) is 23.5 Å². The van der Waals surface area contributed by atoms with E-state index in [0.29, 0.717) is 5.56 Å². The third-order valence-corrected chi connectivity index (χ3v) is 4.71. The van der Waals surface area contributed by atoms with Crippen molar-refractivity contribution in [1.29, 1.82) is 0 Å². The number of ether oxygens (including phenoxy) is 1. The molecule has 0 spiro atoms. The average Bonchev–Trinajstić information content (AvgIpc) is 2.70. The first-order chi connectivity index (χ1) is 13.5. The first kappa shape index (κ1) is 20.0. The summed E-state index contributed by atoms with van der Waals surface area (Å²) in [6.45, 7) is 4.07. The van der Waals surface area contributed by atoms with Gasteiger partial charge in [0.15, 0.2) is 11.6 Å². The summed E-state index contributed by atoms with van der Waals surface area (Å²) in [5, 5.41) is 0. The topological polar surface area (TPSA) is 9.23 Å². The SMILES string of the molecule is CCCCc1ccc(-c2ccc(-c3ccc(OCC)c(F)c3F)cc2F)cc1. The average molecular weight is 384 g/mol. The molecule has 0 amide bonds. The number of halogens is 3. The number of aryl methyl sites for hydroxylation is 1. The summed E-state index contributed by atoms with van der Waals surface area (Å²) in [6.07, 6.45) is 3.24. The highest BCUT2D eigenvalue weighted by Crippen LogP contribution is 2.33. The van der Waals surface area contributed by atoms with E-state index in [2.05, 4.69) is 6.92 Å². The van der Waals surface area contributed by atoms with Crippen LogP contribution in [0.5, 0.6) is 5.75 Å². The normalized spacial score (nSPS) is 10.9. The lowest BCUT2D eigenvalue weighted by Crippen LogP contribution is -1.99. The van der Waals surface area contributed by atoms with E-state index in [0.717, 1.165) is 24.8 Å². The molecule has 0 aliphatic heterocycles. The van der Waals surface area contributed by atoms with Crippen LogP contribution in [0, 0.1) is 17.5 Å². The Morgan fingerprint density at radius 2 is 1.43 bits per heavy atom. The monoisotopic (exact) mass is 384 g/mol. The molecule has 3 aromatic carbocycles. The van der Waals surface area contributed by atoms with E-state index >= 15 is 0 Å². The fraction of sp³-hybridized carbons (Fsp3) is 0.250. The highest BCUT2D eigenvalue weighted by atomic mass is 19.2. The summed E-state index contributed by atoms with van der Waals surface area (Å²) < 4.78 is 48.3. The van der Waals surface area contributed by atoms with Crippen molar-refractivity contribution in [3.8, 4) is 28.0 Å². The molecule has 0 bridgehead atoms. The fourth-order valence-corrected chi connectivity index (χ4v) is 3.17. The molecule has 0 unspecified atom stereocenters. The largest absolute Gasteiger partial charge is 0.491 e. The third kappa shape index (κ3) is 4.22. The summed E-state index contributed by atoms with van der Waals surface area (Å²) in [4.78, 5) is 0. The van der Waals surface area contributed by atoms with Crippen molar-refractivity contribution in [2.24, 2.45) is 0 Å². The summed E-state index contributed by atoms with van der Waals surface area (Å²) in [5.41, 5.74) is 2.68. The minimum absolute atomic E-state index is 0.00122. The number of benzene rings is 3. The van der Waals surface area contributed by atoms with Gasteiger partial charge in [-0.1, -0.05) is 49.7 Å². The molecule has 0 N–H and O–H groups in total. The van der Waals surface area contributed by atoms with E-state index in [1.165, 1.54) is 23.8 Å². The third-order valence-electron chi connectivity index (χ3n) is 4.71. The lowest BCUT2D eigenvalue weighted by molar-refractivity contribution is 0.314. The van der Waals surface area contributed by atoms with Crippen LogP contribution < -0.4 is 4.74 Å². The maximum absolute atomic E-state index is 14.7. The summed E-state index contributed by atoms with van der Waals surface area (Å²) in [7, 11) is 0. The van der Waals surface area contributed by atoms with Crippen LogP contribution in [-0.2, 0) is 6.42 Å². The molecule has 0 aliphatic rings. The first-order valence-corrected chi connectivity index (χ1v) is 9.55. The molecule has 3 rings (SSSR count). The van der Waals surface area contributed by atoms with Gasteiger partial charge in [-0.15, -0.1) is 0 Å². The van der Waals surface area contributed by atoms with Gasteiger partial charge in [0.05, 0.1) is 6.61 Å². The van der Waals surface area contributed by atoms with Gasteiger partial charge in [0.2, 0.25) is 5.82 Å². The molecule has 0 radical (unpaired) electrons. The zero-order valence-corrected chi connectivity index (χ0v) is 16.1. The van der Waals surface area contributed by atoms with E-state index in [1.807, 2.05) is 24.3 Å². The van der Waals surface area contributed by atoms with Gasteiger partial charge in [0, 0.05) is 11.1 Å². The van der Waals surface area contributed by atoms with Crippen LogP contribution in [0.4, 0.5) is 13.2 Å². The highest BCUT2D eigenvalue weighted by molar-refractivity contribution is 5.72. The Morgan fingerprint density at radius 3 is 2.07 bits per heavy atom. The van der Waals surface area contributed by atoms with Crippen LogP contribution in [0.2, 0.25) is 0 Å². The maximum atomic E-state index is 14.7. The maximum Gasteiger partial charge on any atom is 0.201 e. The second-order valence-electron chi connectivity index (χ2n) is 6.67. The van der Waals surface area contributed by atoms with Gasteiger partial charge in [-0.3, -0.25) is 0 Å². The van der Waals surface area contributed by atoms with Crippen molar-refractivity contribution in [3.05, 3.63) is 77.6 Å². The Bertz CT molecular complexity index is 949. The number of hydrogen-bond acceptors (Lipinski definition) is 1. The van der Waals surface area contributed by atoms with Crippen LogP contribution in [0.3, 0.4) is 0 Å². The molecule has 1 nitrogen and oxygen atoms in total. The molecule has 0 saturated heterocycles. The molecule has 0 atom stereocenters. The molecule has 0 heterocycles. The lowest BCUT2D eigenvalue weighted by Gasteiger charge is -2.11. The number of unbranched alkanes of at least 4 members (excludes halogenated alkanes) is 1. The highest BCUT2D eigenvalue weighted by Gasteiger charge is 2.17. The van der Waals surface area contributed by atoms with Crippen molar-refractivity contribution in [3.63, 3.8) is 0 Å². The molecule has 0 fully saturated rings. The van der Waals surface area contributed by atoms with Crippen LogP contribution in [0.15, 0.2) is 54.6 Å². The van der Waals surface area contributed by atoms with Crippen molar-refractivity contribution in [2.75, 3.05) is 6.61 Å². The van der Waals surface area contributed by atoms with Gasteiger partial charge in [0.1, 0.15) is 5.82 Å². The second kappa shape index (κ2) is 8.96. The second-order valence-corrected chi connectivity index (χ2v) is 6.67. The van der Waals surface area contributed by atoms with Gasteiger partial charge in [-0.05, 0) is 54.7 Å². The minimum Gasteiger partial charge on any atom is -0.491 e. The Balaban J connectivity index is 1.90. The Kier molecular flexibility index (Phi) is 6.40. The van der Waals surface area contributed by atoms with Crippen molar-refractivity contribution in [1.82, 2.24) is 0 Å². The predicted octanol–water partition coefficient (Wildman–Crippen LogP) is 7.18. The lowest BCUT2D eigenvalue weighted by atomic mass is 9.97. The molecule has 146 valence electrons. The molecule has 28 heavy (non-hydrogen) atoms. The van der Waals surface area contributed by atoms with Gasteiger partial charge in [-0.25, -0.2) is 8.78 Å². The van der Waals surface area contributed by atoms with Crippen molar-refractivity contribution < 1.29 is 17.9 Å². The smallest absolute Gasteiger partial charge is 0.201 e. The fourth-order valence-electron chi connectivity index (χ4n) is 3.17. The van der Waals surface area contributed by atoms with Crippen molar-refractivity contribution in [2.45, 2.75) is 33.1 Å².